The number of furan rings is 1. The molecular formula is C12H12ClN3O2S. The van der Waals surface area contributed by atoms with Crippen LogP contribution < -0.4 is 17.0 Å². The smallest absolute Gasteiger partial charge is 0.300 e. The second-order valence-electron chi connectivity index (χ2n) is 3.71. The zero-order valence-electron chi connectivity index (χ0n) is 9.85. The Morgan fingerprint density at radius 1 is 1.37 bits per heavy atom. The topological polar surface area (TPSA) is 94.3 Å². The highest BCUT2D eigenvalue weighted by atomic mass is 35.5. The summed E-state index contributed by atoms with van der Waals surface area (Å²) in [4.78, 5) is 12.1. The first-order valence-corrected chi connectivity index (χ1v) is 6.74. The van der Waals surface area contributed by atoms with E-state index in [0.717, 1.165) is 4.90 Å². The van der Waals surface area contributed by atoms with E-state index in [9.17, 15) is 4.79 Å². The minimum atomic E-state index is -0.456. The van der Waals surface area contributed by atoms with Crippen LogP contribution in [-0.2, 0) is 5.75 Å². The standard InChI is InChI=1S/C12H12ClN3O2S/c13-7-1-4-11(9(14)5-7)19-6-8-2-3-10(18-8)12(17)16-15/h1-5H,6,14-15H2,(H,16,17). The molecule has 0 aliphatic carbocycles. The molecule has 0 aliphatic heterocycles. The van der Waals surface area contributed by atoms with Crippen molar-refractivity contribution in [3.63, 3.8) is 0 Å². The molecule has 0 spiro atoms. The lowest BCUT2D eigenvalue weighted by molar-refractivity contribution is 0.0924. The van der Waals surface area contributed by atoms with E-state index in [1.807, 2.05) is 11.5 Å². The van der Waals surface area contributed by atoms with Gasteiger partial charge in [0.2, 0.25) is 0 Å². The molecule has 5 N–H and O–H groups in total. The van der Waals surface area contributed by atoms with Crippen LogP contribution in [0.3, 0.4) is 0 Å². The number of hydrogen-bond acceptors (Lipinski definition) is 5. The third kappa shape index (κ3) is 3.44. The van der Waals surface area contributed by atoms with Gasteiger partial charge < -0.3 is 10.2 Å². The molecule has 7 heteroatoms. The van der Waals surface area contributed by atoms with E-state index in [1.165, 1.54) is 11.8 Å². The SMILES string of the molecule is NNC(=O)c1ccc(CSc2ccc(Cl)cc2N)o1. The number of carbonyl (C=O) groups excluding carboxylic acids is 1. The van der Waals surface area contributed by atoms with Gasteiger partial charge in [-0.25, -0.2) is 5.84 Å². The maximum atomic E-state index is 11.2. The third-order valence-corrected chi connectivity index (χ3v) is 3.71. The highest BCUT2D eigenvalue weighted by molar-refractivity contribution is 7.98. The Bertz CT molecular complexity index is 600. The molecule has 0 radical (unpaired) electrons. The Balaban J connectivity index is 2.02. The predicted molar refractivity (Wildman–Crippen MR) is 75.8 cm³/mol. The Morgan fingerprint density at radius 3 is 2.84 bits per heavy atom. The molecule has 1 heterocycles. The number of anilines is 1. The zero-order valence-corrected chi connectivity index (χ0v) is 11.4. The number of benzene rings is 1. The molecule has 2 rings (SSSR count). The fraction of sp³-hybridized carbons (Fsp3) is 0.0833. The van der Waals surface area contributed by atoms with Gasteiger partial charge in [0.25, 0.3) is 0 Å². The number of nitrogens with one attached hydrogen (secondary N) is 1. The molecule has 0 saturated carbocycles. The quantitative estimate of drug-likeness (QED) is 0.265. The van der Waals surface area contributed by atoms with E-state index < -0.39 is 5.91 Å². The van der Waals surface area contributed by atoms with Gasteiger partial charge in [0.05, 0.1) is 5.75 Å². The number of amides is 1. The summed E-state index contributed by atoms with van der Waals surface area (Å²) >= 11 is 7.33. The van der Waals surface area contributed by atoms with Crippen LogP contribution in [0.5, 0.6) is 0 Å². The maximum absolute atomic E-state index is 11.2. The second kappa shape index (κ2) is 6.01. The summed E-state index contributed by atoms with van der Waals surface area (Å²) in [5.41, 5.74) is 8.47. The van der Waals surface area contributed by atoms with E-state index in [0.29, 0.717) is 22.2 Å². The number of halogens is 1. The van der Waals surface area contributed by atoms with Gasteiger partial charge in [-0.2, -0.15) is 0 Å². The van der Waals surface area contributed by atoms with Crippen LogP contribution in [0.1, 0.15) is 16.3 Å². The van der Waals surface area contributed by atoms with Gasteiger partial charge in [0.1, 0.15) is 5.76 Å². The molecule has 1 amide bonds. The molecule has 0 saturated heterocycles. The van der Waals surface area contributed by atoms with Crippen molar-refractivity contribution in [3.8, 4) is 0 Å². The summed E-state index contributed by atoms with van der Waals surface area (Å²) in [7, 11) is 0. The molecule has 0 aliphatic rings. The fourth-order valence-corrected chi connectivity index (χ4v) is 2.47. The van der Waals surface area contributed by atoms with Crippen LogP contribution in [0.4, 0.5) is 5.69 Å². The van der Waals surface area contributed by atoms with Crippen LogP contribution in [0.25, 0.3) is 0 Å². The number of nitrogen functional groups attached to an aromatic ring is 2. The number of carbonyl (C=O) groups is 1. The number of nitrogens with two attached hydrogens (primary N) is 2. The van der Waals surface area contributed by atoms with Crippen LogP contribution in [0, 0.1) is 0 Å². The molecule has 100 valence electrons. The van der Waals surface area contributed by atoms with Crippen molar-refractivity contribution >= 4 is 35.0 Å². The normalized spacial score (nSPS) is 10.4. The van der Waals surface area contributed by atoms with Crippen molar-refractivity contribution in [1.82, 2.24) is 5.43 Å². The first-order valence-electron chi connectivity index (χ1n) is 5.37. The molecule has 5 nitrogen and oxygen atoms in total. The van der Waals surface area contributed by atoms with Crippen molar-refractivity contribution in [2.45, 2.75) is 10.6 Å². The number of thioether (sulfide) groups is 1. The minimum absolute atomic E-state index is 0.183. The van der Waals surface area contributed by atoms with Gasteiger partial charge >= 0.3 is 5.91 Å². The molecule has 0 fully saturated rings. The maximum Gasteiger partial charge on any atom is 0.300 e. The lowest BCUT2D eigenvalue weighted by Gasteiger charge is -2.04. The molecular weight excluding hydrogens is 286 g/mol. The number of hydrazine groups is 1. The molecule has 1 aromatic carbocycles. The highest BCUT2D eigenvalue weighted by Crippen LogP contribution is 2.30. The van der Waals surface area contributed by atoms with Gasteiger partial charge in [-0.3, -0.25) is 10.2 Å². The molecule has 0 unspecified atom stereocenters. The van der Waals surface area contributed by atoms with Crippen molar-refractivity contribution in [3.05, 3.63) is 46.9 Å². The number of rotatable bonds is 4. The van der Waals surface area contributed by atoms with Crippen LogP contribution >= 0.6 is 23.4 Å². The number of hydrogen-bond donors (Lipinski definition) is 3. The summed E-state index contributed by atoms with van der Waals surface area (Å²) in [5.74, 6) is 5.97. The summed E-state index contributed by atoms with van der Waals surface area (Å²) in [6.45, 7) is 0. The molecule has 1 aromatic heterocycles. The largest absolute Gasteiger partial charge is 0.455 e. The highest BCUT2D eigenvalue weighted by Gasteiger charge is 2.10. The minimum Gasteiger partial charge on any atom is -0.455 e. The lowest BCUT2D eigenvalue weighted by Crippen LogP contribution is -2.29. The Hall–Kier alpha value is -1.63. The predicted octanol–water partition coefficient (Wildman–Crippen LogP) is 2.41. The van der Waals surface area contributed by atoms with Gasteiger partial charge in [0.15, 0.2) is 5.76 Å². The average molecular weight is 298 g/mol. The summed E-state index contributed by atoms with van der Waals surface area (Å²) in [5, 5.41) is 0.599. The van der Waals surface area contributed by atoms with E-state index in [2.05, 4.69) is 0 Å². The van der Waals surface area contributed by atoms with Crippen LogP contribution in [0.2, 0.25) is 5.02 Å². The lowest BCUT2D eigenvalue weighted by atomic mass is 10.3. The van der Waals surface area contributed by atoms with Gasteiger partial charge in [0, 0.05) is 15.6 Å². The average Bonchev–Trinajstić information content (AvgIpc) is 2.85. The molecule has 2 aromatic rings. The Labute approximate surface area is 119 Å². The van der Waals surface area contributed by atoms with Crippen molar-refractivity contribution in [2.75, 3.05) is 5.73 Å². The van der Waals surface area contributed by atoms with Crippen molar-refractivity contribution < 1.29 is 9.21 Å². The molecule has 19 heavy (non-hydrogen) atoms. The Morgan fingerprint density at radius 2 is 2.16 bits per heavy atom. The van der Waals surface area contributed by atoms with Crippen LogP contribution in [0.15, 0.2) is 39.6 Å². The summed E-state index contributed by atoms with van der Waals surface area (Å²) in [6, 6.07) is 8.61. The molecule has 0 bridgehead atoms. The van der Waals surface area contributed by atoms with E-state index in [4.69, 9.17) is 27.6 Å². The first-order chi connectivity index (χ1) is 9.10. The van der Waals surface area contributed by atoms with Crippen molar-refractivity contribution in [2.24, 2.45) is 5.84 Å². The van der Waals surface area contributed by atoms with E-state index >= 15 is 0 Å². The Kier molecular flexibility index (Phi) is 4.36. The van der Waals surface area contributed by atoms with E-state index in [1.54, 1.807) is 24.3 Å². The summed E-state index contributed by atoms with van der Waals surface area (Å²) in [6.07, 6.45) is 0. The fourth-order valence-electron chi connectivity index (χ4n) is 1.45. The van der Waals surface area contributed by atoms with Gasteiger partial charge in [-0.05, 0) is 30.3 Å². The van der Waals surface area contributed by atoms with Crippen molar-refractivity contribution in [1.29, 1.82) is 0 Å². The monoisotopic (exact) mass is 297 g/mol. The van der Waals surface area contributed by atoms with Gasteiger partial charge in [-0.1, -0.05) is 11.6 Å². The third-order valence-electron chi connectivity index (χ3n) is 2.36. The first kappa shape index (κ1) is 13.8. The van der Waals surface area contributed by atoms with E-state index in [-0.39, 0.29) is 5.76 Å². The second-order valence-corrected chi connectivity index (χ2v) is 5.16. The molecule has 0 atom stereocenters. The summed E-state index contributed by atoms with van der Waals surface area (Å²) < 4.78 is 5.34. The van der Waals surface area contributed by atoms with Crippen LogP contribution in [-0.4, -0.2) is 5.91 Å². The van der Waals surface area contributed by atoms with Gasteiger partial charge in [-0.15, -0.1) is 11.8 Å². The zero-order chi connectivity index (χ0) is 13.8.